The third-order valence-electron chi connectivity index (χ3n) is 2.35. The molecule has 2 aromatic rings. The van der Waals surface area contributed by atoms with Gasteiger partial charge in [0.1, 0.15) is 0 Å². The topological polar surface area (TPSA) is 58.2 Å². The average molecular weight is 396 g/mol. The largest absolute Gasteiger partial charge is 0.380 e. The van der Waals surface area contributed by atoms with Crippen LogP contribution in [0.3, 0.4) is 0 Å². The van der Waals surface area contributed by atoms with Crippen LogP contribution in [0.1, 0.15) is 4.88 Å². The summed E-state index contributed by atoms with van der Waals surface area (Å²) in [6, 6.07) is 7.15. The highest BCUT2D eigenvalue weighted by Gasteiger charge is 2.07. The maximum atomic E-state index is 11.2. The van der Waals surface area contributed by atoms with Gasteiger partial charge in [0.05, 0.1) is 17.0 Å². The summed E-state index contributed by atoms with van der Waals surface area (Å²) >= 11 is 11.1. The van der Waals surface area contributed by atoms with Crippen molar-refractivity contribution in [1.82, 2.24) is 0 Å². The summed E-state index contributed by atoms with van der Waals surface area (Å²) in [4.78, 5) is 1.19. The lowest BCUT2D eigenvalue weighted by Crippen LogP contribution is -2.10. The Kier molecular flexibility index (Phi) is 4.95. The van der Waals surface area contributed by atoms with E-state index in [4.69, 9.17) is 11.6 Å². The highest BCUT2D eigenvalue weighted by molar-refractivity contribution is 9.10. The van der Waals surface area contributed by atoms with Gasteiger partial charge in [-0.3, -0.25) is 4.72 Å². The van der Waals surface area contributed by atoms with Crippen molar-refractivity contribution in [2.45, 2.75) is 6.54 Å². The Balaban J connectivity index is 2.05. The number of halogens is 2. The SMILES string of the molecule is CS(=O)(=O)Nc1ccc(NCc2cc(Br)cs2)cc1Cl. The summed E-state index contributed by atoms with van der Waals surface area (Å²) in [5.74, 6) is 0. The van der Waals surface area contributed by atoms with E-state index in [1.165, 1.54) is 4.88 Å². The summed E-state index contributed by atoms with van der Waals surface area (Å²) in [6.45, 7) is 0.686. The third kappa shape index (κ3) is 4.66. The molecule has 0 radical (unpaired) electrons. The van der Waals surface area contributed by atoms with E-state index in [0.29, 0.717) is 17.3 Å². The first-order valence-electron chi connectivity index (χ1n) is 5.57. The quantitative estimate of drug-likeness (QED) is 0.799. The summed E-state index contributed by atoms with van der Waals surface area (Å²) in [5.41, 5.74) is 1.21. The van der Waals surface area contributed by atoms with E-state index in [1.807, 2.05) is 11.4 Å². The van der Waals surface area contributed by atoms with Crippen LogP contribution in [0.5, 0.6) is 0 Å². The molecule has 0 atom stereocenters. The molecule has 108 valence electrons. The van der Waals surface area contributed by atoms with Crippen molar-refractivity contribution in [1.29, 1.82) is 0 Å². The zero-order valence-corrected chi connectivity index (χ0v) is 14.5. The molecule has 0 spiro atoms. The Morgan fingerprint density at radius 3 is 2.65 bits per heavy atom. The molecular weight excluding hydrogens is 384 g/mol. The van der Waals surface area contributed by atoms with Crippen LogP contribution in [-0.2, 0) is 16.6 Å². The Morgan fingerprint density at radius 2 is 2.10 bits per heavy atom. The van der Waals surface area contributed by atoms with E-state index < -0.39 is 10.0 Å². The van der Waals surface area contributed by atoms with Crippen LogP contribution in [-0.4, -0.2) is 14.7 Å². The molecular formula is C12H12BrClN2O2S2. The standard InChI is InChI=1S/C12H12BrClN2O2S2/c1-20(17,18)16-12-3-2-9(5-11(12)14)15-6-10-4-8(13)7-19-10/h2-5,7,15-16H,6H2,1H3. The van der Waals surface area contributed by atoms with Gasteiger partial charge >= 0.3 is 0 Å². The van der Waals surface area contributed by atoms with Crippen LogP contribution >= 0.6 is 38.9 Å². The molecule has 1 aromatic heterocycles. The van der Waals surface area contributed by atoms with Crippen molar-refractivity contribution in [2.75, 3.05) is 16.3 Å². The number of thiophene rings is 1. The van der Waals surface area contributed by atoms with E-state index in [-0.39, 0.29) is 0 Å². The normalized spacial score (nSPS) is 11.3. The number of hydrogen-bond donors (Lipinski definition) is 2. The van der Waals surface area contributed by atoms with E-state index in [2.05, 4.69) is 26.0 Å². The minimum Gasteiger partial charge on any atom is -0.380 e. The number of rotatable bonds is 5. The van der Waals surface area contributed by atoms with Gasteiger partial charge in [-0.2, -0.15) is 0 Å². The molecule has 0 aliphatic rings. The second-order valence-corrected chi connectivity index (χ2v) is 8.22. The molecule has 0 saturated heterocycles. The second kappa shape index (κ2) is 6.34. The van der Waals surface area contributed by atoms with Crippen molar-refractivity contribution >= 4 is 60.3 Å². The summed E-state index contributed by atoms with van der Waals surface area (Å²) in [6.07, 6.45) is 1.09. The Morgan fingerprint density at radius 1 is 1.35 bits per heavy atom. The van der Waals surface area contributed by atoms with E-state index >= 15 is 0 Å². The van der Waals surface area contributed by atoms with Gasteiger partial charge in [0.2, 0.25) is 10.0 Å². The second-order valence-electron chi connectivity index (χ2n) is 4.15. The highest BCUT2D eigenvalue weighted by Crippen LogP contribution is 2.27. The molecule has 0 fully saturated rings. The van der Waals surface area contributed by atoms with Crippen molar-refractivity contribution in [3.05, 3.63) is 44.0 Å². The fourth-order valence-electron chi connectivity index (χ4n) is 1.54. The molecule has 1 heterocycles. The van der Waals surface area contributed by atoms with E-state index in [9.17, 15) is 8.42 Å². The zero-order chi connectivity index (χ0) is 14.8. The van der Waals surface area contributed by atoms with E-state index in [0.717, 1.165) is 16.4 Å². The van der Waals surface area contributed by atoms with Crippen LogP contribution in [0, 0.1) is 0 Å². The lowest BCUT2D eigenvalue weighted by atomic mass is 10.3. The maximum Gasteiger partial charge on any atom is 0.229 e. The fraction of sp³-hybridized carbons (Fsp3) is 0.167. The summed E-state index contributed by atoms with van der Waals surface area (Å²) < 4.78 is 25.7. The molecule has 8 heteroatoms. The monoisotopic (exact) mass is 394 g/mol. The lowest BCUT2D eigenvalue weighted by molar-refractivity contribution is 0.607. The number of nitrogens with one attached hydrogen (secondary N) is 2. The van der Waals surface area contributed by atoms with Crippen molar-refractivity contribution in [3.8, 4) is 0 Å². The minimum atomic E-state index is -3.32. The van der Waals surface area contributed by atoms with Crippen molar-refractivity contribution in [3.63, 3.8) is 0 Å². The van der Waals surface area contributed by atoms with Gasteiger partial charge in [-0.05, 0) is 40.2 Å². The van der Waals surface area contributed by atoms with Gasteiger partial charge in [0.25, 0.3) is 0 Å². The average Bonchev–Trinajstić information content (AvgIpc) is 2.74. The van der Waals surface area contributed by atoms with Gasteiger partial charge in [0.15, 0.2) is 0 Å². The van der Waals surface area contributed by atoms with Crippen LogP contribution < -0.4 is 10.0 Å². The molecule has 4 nitrogen and oxygen atoms in total. The van der Waals surface area contributed by atoms with Crippen molar-refractivity contribution < 1.29 is 8.42 Å². The van der Waals surface area contributed by atoms with Gasteiger partial charge in [-0.15, -0.1) is 11.3 Å². The predicted octanol–water partition coefficient (Wildman–Crippen LogP) is 4.15. The van der Waals surface area contributed by atoms with Gasteiger partial charge in [0, 0.05) is 27.0 Å². The molecule has 0 bridgehead atoms. The zero-order valence-electron chi connectivity index (χ0n) is 10.5. The first-order chi connectivity index (χ1) is 9.33. The van der Waals surface area contributed by atoms with Crippen LogP contribution in [0.2, 0.25) is 5.02 Å². The molecule has 2 rings (SSSR count). The Labute approximate surface area is 135 Å². The first kappa shape index (κ1) is 15.6. The lowest BCUT2D eigenvalue weighted by Gasteiger charge is -2.09. The van der Waals surface area contributed by atoms with Gasteiger partial charge in [-0.1, -0.05) is 11.6 Å². The third-order valence-corrected chi connectivity index (χ3v) is 4.95. The number of sulfonamides is 1. The molecule has 0 saturated carbocycles. The molecule has 0 aliphatic carbocycles. The highest BCUT2D eigenvalue weighted by atomic mass is 79.9. The molecule has 0 amide bonds. The summed E-state index contributed by atoms with van der Waals surface area (Å²) in [7, 11) is -3.32. The van der Waals surface area contributed by atoms with Gasteiger partial charge < -0.3 is 5.32 Å². The first-order valence-corrected chi connectivity index (χ1v) is 9.52. The minimum absolute atomic E-state index is 0.354. The summed E-state index contributed by atoms with van der Waals surface area (Å²) in [5, 5.41) is 5.60. The molecule has 2 N–H and O–H groups in total. The predicted molar refractivity (Wildman–Crippen MR) is 89.3 cm³/mol. The van der Waals surface area contributed by atoms with Crippen LogP contribution in [0.4, 0.5) is 11.4 Å². The Hall–Kier alpha value is -0.760. The number of benzene rings is 1. The van der Waals surface area contributed by atoms with Gasteiger partial charge in [-0.25, -0.2) is 8.42 Å². The smallest absolute Gasteiger partial charge is 0.229 e. The van der Waals surface area contributed by atoms with Crippen molar-refractivity contribution in [2.24, 2.45) is 0 Å². The Bertz CT molecular complexity index is 716. The molecule has 0 unspecified atom stereocenters. The molecule has 1 aromatic carbocycles. The van der Waals surface area contributed by atoms with Crippen LogP contribution in [0.25, 0.3) is 0 Å². The van der Waals surface area contributed by atoms with Crippen LogP contribution in [0.15, 0.2) is 34.1 Å². The van der Waals surface area contributed by atoms with E-state index in [1.54, 1.807) is 29.5 Å². The fourth-order valence-corrected chi connectivity index (χ4v) is 3.80. The maximum absolute atomic E-state index is 11.2. The number of hydrogen-bond acceptors (Lipinski definition) is 4. The number of anilines is 2. The molecule has 0 aliphatic heterocycles. The molecule has 20 heavy (non-hydrogen) atoms.